The van der Waals surface area contributed by atoms with E-state index in [1.54, 1.807) is 36.9 Å². The van der Waals surface area contributed by atoms with Crippen LogP contribution in [0.15, 0.2) is 83.7 Å². The van der Waals surface area contributed by atoms with Crippen LogP contribution >= 0.6 is 23.2 Å². The molecular formula is C22H15Cl2NO2. The molecule has 134 valence electrons. The summed E-state index contributed by atoms with van der Waals surface area (Å²) in [5, 5.41) is 12.4. The van der Waals surface area contributed by atoms with Gasteiger partial charge in [0, 0.05) is 44.7 Å². The third-order valence-corrected chi connectivity index (χ3v) is 4.87. The zero-order chi connectivity index (χ0) is 18.8. The van der Waals surface area contributed by atoms with Gasteiger partial charge >= 0.3 is 0 Å². The van der Waals surface area contributed by atoms with Gasteiger partial charge in [0.1, 0.15) is 11.9 Å². The molecular weight excluding hydrogens is 381 g/mol. The predicted octanol–water partition coefficient (Wildman–Crippen LogP) is 6.40. The van der Waals surface area contributed by atoms with Gasteiger partial charge in [0.05, 0.1) is 6.26 Å². The molecule has 2 aromatic heterocycles. The first-order chi connectivity index (χ1) is 13.1. The maximum absolute atomic E-state index is 11.1. The van der Waals surface area contributed by atoms with E-state index in [0.29, 0.717) is 26.9 Å². The molecule has 0 bridgehead atoms. The third-order valence-electron chi connectivity index (χ3n) is 4.36. The fraction of sp³-hybridized carbons (Fsp3) is 0.0455. The molecule has 0 radical (unpaired) electrons. The molecule has 0 aliphatic carbocycles. The largest absolute Gasteiger partial charge is 0.463 e. The quantitative estimate of drug-likeness (QED) is 0.434. The molecule has 4 rings (SSSR count). The number of halogens is 2. The summed E-state index contributed by atoms with van der Waals surface area (Å²) in [6, 6.07) is 18.4. The number of pyridine rings is 1. The second-order valence-corrected chi connectivity index (χ2v) is 6.97. The van der Waals surface area contributed by atoms with Gasteiger partial charge in [0.15, 0.2) is 0 Å². The molecule has 0 aliphatic rings. The van der Waals surface area contributed by atoms with E-state index in [9.17, 15) is 5.11 Å². The highest BCUT2D eigenvalue weighted by atomic mass is 35.5. The van der Waals surface area contributed by atoms with E-state index in [-0.39, 0.29) is 0 Å². The summed E-state index contributed by atoms with van der Waals surface area (Å²) in [6.07, 6.45) is 4.08. The lowest BCUT2D eigenvalue weighted by Gasteiger charge is -2.14. The Labute approximate surface area is 166 Å². The first-order valence-electron chi connectivity index (χ1n) is 8.35. The van der Waals surface area contributed by atoms with Crippen molar-refractivity contribution in [2.75, 3.05) is 0 Å². The summed E-state index contributed by atoms with van der Waals surface area (Å²) in [5.41, 5.74) is 3.89. The summed E-state index contributed by atoms with van der Waals surface area (Å²) in [5.74, 6) is 0.591. The molecule has 1 N–H and O–H groups in total. The lowest BCUT2D eigenvalue weighted by Crippen LogP contribution is -2.02. The highest BCUT2D eigenvalue weighted by Crippen LogP contribution is 2.41. The van der Waals surface area contributed by atoms with Gasteiger partial charge in [-0.1, -0.05) is 41.4 Å². The van der Waals surface area contributed by atoms with Crippen LogP contribution in [0.2, 0.25) is 10.0 Å². The third kappa shape index (κ3) is 3.62. The molecule has 2 heterocycles. The van der Waals surface area contributed by atoms with Crippen molar-refractivity contribution in [3.63, 3.8) is 0 Å². The van der Waals surface area contributed by atoms with Crippen molar-refractivity contribution < 1.29 is 9.52 Å². The number of aliphatic hydroxyl groups is 1. The number of aliphatic hydroxyl groups excluding tert-OH is 1. The van der Waals surface area contributed by atoms with Crippen molar-refractivity contribution in [3.05, 3.63) is 100 Å². The Morgan fingerprint density at radius 2 is 1.48 bits per heavy atom. The maximum Gasteiger partial charge on any atom is 0.140 e. The average molecular weight is 396 g/mol. The van der Waals surface area contributed by atoms with Crippen LogP contribution in [-0.2, 0) is 0 Å². The van der Waals surface area contributed by atoms with Gasteiger partial charge in [-0.15, -0.1) is 0 Å². The second-order valence-electron chi connectivity index (χ2n) is 6.09. The number of benzene rings is 2. The van der Waals surface area contributed by atoms with Crippen molar-refractivity contribution in [2.24, 2.45) is 0 Å². The van der Waals surface area contributed by atoms with E-state index in [4.69, 9.17) is 27.6 Å². The molecule has 27 heavy (non-hydrogen) atoms. The van der Waals surface area contributed by atoms with Crippen LogP contribution < -0.4 is 0 Å². The van der Waals surface area contributed by atoms with Gasteiger partial charge in [-0.2, -0.15) is 0 Å². The zero-order valence-electron chi connectivity index (χ0n) is 14.1. The van der Waals surface area contributed by atoms with Gasteiger partial charge in [0.25, 0.3) is 0 Å². The van der Waals surface area contributed by atoms with E-state index in [1.807, 2.05) is 42.5 Å². The Morgan fingerprint density at radius 3 is 2.07 bits per heavy atom. The van der Waals surface area contributed by atoms with Crippen molar-refractivity contribution in [1.29, 1.82) is 0 Å². The lowest BCUT2D eigenvalue weighted by molar-refractivity contribution is 0.220. The summed E-state index contributed by atoms with van der Waals surface area (Å²) >= 11 is 12.0. The minimum Gasteiger partial charge on any atom is -0.463 e. The van der Waals surface area contributed by atoms with Gasteiger partial charge in [-0.3, -0.25) is 4.98 Å². The molecule has 4 aromatic rings. The molecule has 0 saturated carbocycles. The van der Waals surface area contributed by atoms with Gasteiger partial charge in [0.2, 0.25) is 0 Å². The number of aromatic nitrogens is 1. The van der Waals surface area contributed by atoms with Crippen LogP contribution in [0.25, 0.3) is 22.5 Å². The van der Waals surface area contributed by atoms with Crippen molar-refractivity contribution >= 4 is 23.2 Å². The first kappa shape index (κ1) is 17.8. The van der Waals surface area contributed by atoms with Crippen molar-refractivity contribution in [1.82, 2.24) is 4.98 Å². The fourth-order valence-corrected chi connectivity index (χ4v) is 3.27. The van der Waals surface area contributed by atoms with Crippen LogP contribution in [0.3, 0.4) is 0 Å². The number of hydrogen-bond acceptors (Lipinski definition) is 3. The topological polar surface area (TPSA) is 46.3 Å². The van der Waals surface area contributed by atoms with E-state index in [1.165, 1.54) is 0 Å². The Balaban J connectivity index is 1.89. The molecule has 0 saturated heterocycles. The van der Waals surface area contributed by atoms with Crippen LogP contribution in [0.4, 0.5) is 0 Å². The number of furan rings is 1. The summed E-state index contributed by atoms with van der Waals surface area (Å²) < 4.78 is 5.89. The number of nitrogens with zero attached hydrogens (tertiary/aromatic N) is 1. The SMILES string of the molecule is OC(c1cccnc1)c1c(-c2ccc(Cl)cc2)coc1-c1ccc(Cl)cc1. The maximum atomic E-state index is 11.1. The summed E-state index contributed by atoms with van der Waals surface area (Å²) in [7, 11) is 0. The van der Waals surface area contributed by atoms with Crippen LogP contribution in [0, 0.1) is 0 Å². The molecule has 2 aromatic carbocycles. The van der Waals surface area contributed by atoms with Crippen LogP contribution in [0.1, 0.15) is 17.2 Å². The first-order valence-corrected chi connectivity index (χ1v) is 9.10. The summed E-state index contributed by atoms with van der Waals surface area (Å²) in [6.45, 7) is 0. The zero-order valence-corrected chi connectivity index (χ0v) is 15.7. The van der Waals surface area contributed by atoms with Crippen LogP contribution in [-0.4, -0.2) is 10.1 Å². The van der Waals surface area contributed by atoms with Crippen molar-refractivity contribution in [3.8, 4) is 22.5 Å². The predicted molar refractivity (Wildman–Crippen MR) is 108 cm³/mol. The minimum absolute atomic E-state index is 0.591. The molecule has 1 atom stereocenters. The van der Waals surface area contributed by atoms with E-state index in [2.05, 4.69) is 4.98 Å². The van der Waals surface area contributed by atoms with Gasteiger partial charge in [-0.25, -0.2) is 0 Å². The van der Waals surface area contributed by atoms with E-state index < -0.39 is 6.10 Å². The van der Waals surface area contributed by atoms with E-state index in [0.717, 1.165) is 16.7 Å². The number of hydrogen-bond donors (Lipinski definition) is 1. The number of rotatable bonds is 4. The van der Waals surface area contributed by atoms with Crippen molar-refractivity contribution in [2.45, 2.75) is 6.10 Å². The minimum atomic E-state index is -0.895. The molecule has 5 heteroatoms. The molecule has 0 fully saturated rings. The molecule has 1 unspecified atom stereocenters. The molecule has 3 nitrogen and oxygen atoms in total. The smallest absolute Gasteiger partial charge is 0.140 e. The second kappa shape index (κ2) is 7.57. The van der Waals surface area contributed by atoms with Gasteiger partial charge in [-0.05, 0) is 48.0 Å². The monoisotopic (exact) mass is 395 g/mol. The fourth-order valence-electron chi connectivity index (χ4n) is 3.02. The Hall–Kier alpha value is -2.59. The molecule has 0 amide bonds. The molecule has 0 aliphatic heterocycles. The standard InChI is InChI=1S/C22H15Cl2NO2/c23-17-7-3-14(4-8-17)19-13-27-22(15-5-9-18(24)10-6-15)20(19)21(26)16-2-1-11-25-12-16/h1-13,21,26H. The average Bonchev–Trinajstić information content (AvgIpc) is 3.14. The normalized spacial score (nSPS) is 12.1. The van der Waals surface area contributed by atoms with E-state index >= 15 is 0 Å². The summed E-state index contributed by atoms with van der Waals surface area (Å²) in [4.78, 5) is 4.12. The van der Waals surface area contributed by atoms with Gasteiger partial charge < -0.3 is 9.52 Å². The lowest BCUT2D eigenvalue weighted by atomic mass is 9.93. The highest BCUT2D eigenvalue weighted by Gasteiger charge is 2.24. The highest BCUT2D eigenvalue weighted by molar-refractivity contribution is 6.30. The Bertz CT molecular complexity index is 979. The Kier molecular flexibility index (Phi) is 4.99. The Morgan fingerprint density at radius 1 is 0.852 bits per heavy atom. The molecule has 0 spiro atoms. The van der Waals surface area contributed by atoms with Crippen LogP contribution in [0.5, 0.6) is 0 Å².